The Labute approximate surface area is 131 Å². The van der Waals surface area contributed by atoms with Crippen LogP contribution in [0.15, 0.2) is 34.8 Å². The smallest absolute Gasteiger partial charge is 0.150 e. The third-order valence-corrected chi connectivity index (χ3v) is 5.20. The van der Waals surface area contributed by atoms with Crippen LogP contribution in [0.4, 0.5) is 4.39 Å². The fourth-order valence-corrected chi connectivity index (χ4v) is 3.41. The quantitative estimate of drug-likeness (QED) is 0.739. The van der Waals surface area contributed by atoms with Crippen LogP contribution >= 0.6 is 27.5 Å². The van der Waals surface area contributed by atoms with Crippen molar-refractivity contribution in [3.63, 3.8) is 0 Å². The zero-order valence-corrected chi connectivity index (χ0v) is 13.4. The highest BCUT2D eigenvalue weighted by molar-refractivity contribution is 9.10. The van der Waals surface area contributed by atoms with E-state index in [1.54, 1.807) is 12.1 Å². The topological polar surface area (TPSA) is 12.0 Å². The minimum Gasteiger partial charge on any atom is -0.313 e. The van der Waals surface area contributed by atoms with Crippen molar-refractivity contribution in [1.29, 1.82) is 0 Å². The van der Waals surface area contributed by atoms with E-state index in [9.17, 15) is 4.39 Å². The summed E-state index contributed by atoms with van der Waals surface area (Å²) < 4.78 is 15.0. The van der Waals surface area contributed by atoms with Gasteiger partial charge >= 0.3 is 0 Å². The molecule has 0 saturated heterocycles. The third kappa shape index (κ3) is 2.18. The zero-order chi connectivity index (χ0) is 14.3. The number of rotatable bonds is 2. The minimum absolute atomic E-state index is 0.142. The zero-order valence-electron chi connectivity index (χ0n) is 11.0. The predicted octanol–water partition coefficient (Wildman–Crippen LogP) is 5.12. The molecule has 4 heteroatoms. The van der Waals surface area contributed by atoms with Gasteiger partial charge in [-0.05, 0) is 58.6 Å². The van der Waals surface area contributed by atoms with Crippen LogP contribution in [-0.2, 0) is 6.42 Å². The lowest BCUT2D eigenvalue weighted by atomic mass is 9.96. The third-order valence-electron chi connectivity index (χ3n) is 3.94. The molecule has 1 nitrogen and oxygen atoms in total. The lowest BCUT2D eigenvalue weighted by molar-refractivity contribution is 0.590. The Morgan fingerprint density at radius 3 is 2.80 bits per heavy atom. The van der Waals surface area contributed by atoms with Gasteiger partial charge in [-0.1, -0.05) is 35.9 Å². The van der Waals surface area contributed by atoms with Gasteiger partial charge in [0.1, 0.15) is 0 Å². The number of benzene rings is 2. The van der Waals surface area contributed by atoms with E-state index in [1.165, 1.54) is 11.1 Å². The molecule has 1 aliphatic rings. The van der Waals surface area contributed by atoms with E-state index < -0.39 is 0 Å². The van der Waals surface area contributed by atoms with Gasteiger partial charge in [0.05, 0.1) is 5.02 Å². The maximum absolute atomic E-state index is 14.4. The maximum Gasteiger partial charge on any atom is 0.150 e. The average molecular weight is 355 g/mol. The normalized spacial score (nSPS) is 17.3. The summed E-state index contributed by atoms with van der Waals surface area (Å²) in [6.45, 7) is 0. The average Bonchev–Trinajstić information content (AvgIpc) is 2.88. The molecule has 3 rings (SSSR count). The van der Waals surface area contributed by atoms with Crippen molar-refractivity contribution in [3.05, 3.63) is 56.8 Å². The monoisotopic (exact) mass is 353 g/mol. The Bertz CT molecular complexity index is 672. The lowest BCUT2D eigenvalue weighted by Gasteiger charge is -2.13. The summed E-state index contributed by atoms with van der Waals surface area (Å²) in [6, 6.07) is 10.0. The van der Waals surface area contributed by atoms with Gasteiger partial charge in [0.2, 0.25) is 0 Å². The summed E-state index contributed by atoms with van der Waals surface area (Å²) in [4.78, 5) is 0. The highest BCUT2D eigenvalue weighted by atomic mass is 79.9. The van der Waals surface area contributed by atoms with Crippen LogP contribution in [0.2, 0.25) is 5.02 Å². The molecule has 1 aliphatic carbocycles. The minimum atomic E-state index is -0.359. The Kier molecular flexibility index (Phi) is 3.85. The molecule has 0 spiro atoms. The van der Waals surface area contributed by atoms with E-state index in [1.807, 2.05) is 19.2 Å². The van der Waals surface area contributed by atoms with E-state index in [0.29, 0.717) is 16.1 Å². The van der Waals surface area contributed by atoms with Crippen LogP contribution in [0.5, 0.6) is 0 Å². The molecule has 0 bridgehead atoms. The van der Waals surface area contributed by atoms with Crippen LogP contribution in [-0.4, -0.2) is 7.05 Å². The number of halogens is 3. The number of hydrogen-bond acceptors (Lipinski definition) is 1. The summed E-state index contributed by atoms with van der Waals surface area (Å²) in [6.07, 6.45) is 2.01. The second-order valence-corrected chi connectivity index (χ2v) is 6.21. The van der Waals surface area contributed by atoms with Gasteiger partial charge in [0.15, 0.2) is 5.82 Å². The van der Waals surface area contributed by atoms with Gasteiger partial charge in [-0.15, -0.1) is 0 Å². The van der Waals surface area contributed by atoms with Crippen LogP contribution < -0.4 is 5.32 Å². The van der Waals surface area contributed by atoms with Gasteiger partial charge in [-0.3, -0.25) is 0 Å². The van der Waals surface area contributed by atoms with Crippen molar-refractivity contribution in [3.8, 4) is 11.1 Å². The fraction of sp³-hybridized carbons (Fsp3) is 0.250. The molecule has 0 radical (unpaired) electrons. The summed E-state index contributed by atoms with van der Waals surface area (Å²) in [7, 11) is 1.96. The standard InChI is InChI=1S/C16H14BrClFN/c1-20-14-8-6-10-9(3-2-4-11(10)14)12-5-7-13(17)15(18)16(12)19/h2-5,7,14,20H,6,8H2,1H3. The molecule has 1 unspecified atom stereocenters. The van der Waals surface area contributed by atoms with Gasteiger partial charge in [0, 0.05) is 16.1 Å². The van der Waals surface area contributed by atoms with E-state index in [2.05, 4.69) is 27.3 Å². The summed E-state index contributed by atoms with van der Waals surface area (Å²) in [5.74, 6) is -0.359. The number of fused-ring (bicyclic) bond motifs is 1. The molecule has 20 heavy (non-hydrogen) atoms. The van der Waals surface area contributed by atoms with Crippen LogP contribution in [0.3, 0.4) is 0 Å². The van der Waals surface area contributed by atoms with Crippen molar-refractivity contribution >= 4 is 27.5 Å². The maximum atomic E-state index is 14.4. The predicted molar refractivity (Wildman–Crippen MR) is 84.7 cm³/mol. The van der Waals surface area contributed by atoms with Crippen molar-refractivity contribution < 1.29 is 4.39 Å². The highest BCUT2D eigenvalue weighted by Gasteiger charge is 2.25. The molecule has 2 aromatic rings. The van der Waals surface area contributed by atoms with Gasteiger partial charge in [-0.2, -0.15) is 0 Å². The van der Waals surface area contributed by atoms with Crippen LogP contribution in [0.1, 0.15) is 23.6 Å². The van der Waals surface area contributed by atoms with Crippen molar-refractivity contribution in [1.82, 2.24) is 5.32 Å². The molecule has 0 aromatic heterocycles. The summed E-state index contributed by atoms with van der Waals surface area (Å²) in [5.41, 5.74) is 4.02. The molecule has 2 aromatic carbocycles. The van der Waals surface area contributed by atoms with Crippen molar-refractivity contribution in [2.75, 3.05) is 7.05 Å². The molecule has 0 fully saturated rings. The van der Waals surface area contributed by atoms with E-state index >= 15 is 0 Å². The molecule has 0 aliphatic heterocycles. The summed E-state index contributed by atoms with van der Waals surface area (Å²) in [5, 5.41) is 3.45. The fourth-order valence-electron chi connectivity index (χ4n) is 2.94. The lowest BCUT2D eigenvalue weighted by Crippen LogP contribution is -2.12. The Morgan fingerprint density at radius 1 is 1.25 bits per heavy atom. The summed E-state index contributed by atoms with van der Waals surface area (Å²) >= 11 is 9.26. The van der Waals surface area contributed by atoms with E-state index in [4.69, 9.17) is 11.6 Å². The molecule has 1 N–H and O–H groups in total. The Balaban J connectivity index is 2.18. The molecule has 0 saturated carbocycles. The first-order valence-corrected chi connectivity index (χ1v) is 7.73. The first kappa shape index (κ1) is 14.1. The van der Waals surface area contributed by atoms with Crippen LogP contribution in [0, 0.1) is 5.82 Å². The first-order chi connectivity index (χ1) is 9.63. The highest BCUT2D eigenvalue weighted by Crippen LogP contribution is 2.40. The number of nitrogens with one attached hydrogen (secondary N) is 1. The largest absolute Gasteiger partial charge is 0.313 e. The van der Waals surface area contributed by atoms with E-state index in [0.717, 1.165) is 18.4 Å². The SMILES string of the molecule is CNC1CCc2c(-c3ccc(Br)c(Cl)c3F)cccc21. The van der Waals surface area contributed by atoms with E-state index in [-0.39, 0.29) is 10.8 Å². The molecule has 104 valence electrons. The Morgan fingerprint density at radius 2 is 2.05 bits per heavy atom. The molecule has 0 heterocycles. The number of hydrogen-bond donors (Lipinski definition) is 1. The van der Waals surface area contributed by atoms with Crippen LogP contribution in [0.25, 0.3) is 11.1 Å². The Hall–Kier alpha value is -0.900. The second-order valence-electron chi connectivity index (χ2n) is 4.98. The molecule has 0 amide bonds. The van der Waals surface area contributed by atoms with Gasteiger partial charge < -0.3 is 5.32 Å². The van der Waals surface area contributed by atoms with Crippen molar-refractivity contribution in [2.24, 2.45) is 0 Å². The second kappa shape index (κ2) is 5.47. The molecular formula is C16H14BrClFN. The van der Waals surface area contributed by atoms with Gasteiger partial charge in [-0.25, -0.2) is 4.39 Å². The van der Waals surface area contributed by atoms with Crippen molar-refractivity contribution in [2.45, 2.75) is 18.9 Å². The first-order valence-electron chi connectivity index (χ1n) is 6.56. The van der Waals surface area contributed by atoms with Gasteiger partial charge in [0.25, 0.3) is 0 Å². The molecule has 1 atom stereocenters. The molecular weight excluding hydrogens is 341 g/mol.